The van der Waals surface area contributed by atoms with Crippen LogP contribution in [0.2, 0.25) is 0 Å². The Bertz CT molecular complexity index is 456. The van der Waals surface area contributed by atoms with Gasteiger partial charge in [0.2, 0.25) is 0 Å². The van der Waals surface area contributed by atoms with Gasteiger partial charge in [0, 0.05) is 17.6 Å². The first kappa shape index (κ1) is 12.2. The van der Waals surface area contributed by atoms with Crippen molar-refractivity contribution in [1.29, 1.82) is 0 Å². The van der Waals surface area contributed by atoms with E-state index in [-0.39, 0.29) is 0 Å². The standard InChI is InChI=1S/C13H15BrN2O/c14-12-5-1-2-6-13(12)16(8-7-15)10-11-4-3-9-17-11/h1-6,9H,7-8,10,15H2. The molecule has 0 amide bonds. The molecule has 4 heteroatoms. The molecule has 0 saturated carbocycles. The largest absolute Gasteiger partial charge is 0.467 e. The van der Waals surface area contributed by atoms with Crippen LogP contribution in [0.3, 0.4) is 0 Å². The first-order chi connectivity index (χ1) is 8.31. The Labute approximate surface area is 109 Å². The summed E-state index contributed by atoms with van der Waals surface area (Å²) in [6.07, 6.45) is 1.69. The SMILES string of the molecule is NCCN(Cc1ccco1)c1ccccc1Br. The highest BCUT2D eigenvalue weighted by molar-refractivity contribution is 9.10. The van der Waals surface area contributed by atoms with Crippen molar-refractivity contribution in [2.45, 2.75) is 6.54 Å². The summed E-state index contributed by atoms with van der Waals surface area (Å²) >= 11 is 3.56. The number of furan rings is 1. The van der Waals surface area contributed by atoms with Gasteiger partial charge in [0.15, 0.2) is 0 Å². The normalized spacial score (nSPS) is 10.5. The van der Waals surface area contributed by atoms with Gasteiger partial charge in [-0.1, -0.05) is 12.1 Å². The summed E-state index contributed by atoms with van der Waals surface area (Å²) in [5.74, 6) is 0.939. The lowest BCUT2D eigenvalue weighted by atomic mass is 10.2. The molecule has 0 saturated heterocycles. The minimum atomic E-state index is 0.613. The predicted molar refractivity (Wildman–Crippen MR) is 73.0 cm³/mol. The van der Waals surface area contributed by atoms with Crippen LogP contribution >= 0.6 is 15.9 Å². The van der Waals surface area contributed by atoms with Gasteiger partial charge in [0.25, 0.3) is 0 Å². The predicted octanol–water partition coefficient (Wildman–Crippen LogP) is 3.01. The van der Waals surface area contributed by atoms with Crippen LogP contribution in [0.15, 0.2) is 51.6 Å². The molecule has 0 spiro atoms. The Morgan fingerprint density at radius 2 is 2.00 bits per heavy atom. The number of anilines is 1. The third kappa shape index (κ3) is 3.11. The van der Waals surface area contributed by atoms with Crippen LogP contribution < -0.4 is 10.6 Å². The van der Waals surface area contributed by atoms with Gasteiger partial charge in [-0.05, 0) is 40.2 Å². The molecule has 1 aromatic carbocycles. The van der Waals surface area contributed by atoms with E-state index in [1.165, 1.54) is 0 Å². The second kappa shape index (κ2) is 5.89. The van der Waals surface area contributed by atoms with Gasteiger partial charge in [-0.15, -0.1) is 0 Å². The lowest BCUT2D eigenvalue weighted by Crippen LogP contribution is -2.29. The maximum absolute atomic E-state index is 5.66. The van der Waals surface area contributed by atoms with Crippen molar-refractivity contribution in [1.82, 2.24) is 0 Å². The van der Waals surface area contributed by atoms with E-state index in [0.29, 0.717) is 6.54 Å². The first-order valence-corrected chi connectivity index (χ1v) is 6.32. The molecule has 0 aliphatic heterocycles. The molecule has 0 atom stereocenters. The third-order valence-electron chi connectivity index (χ3n) is 2.52. The Hall–Kier alpha value is -1.26. The first-order valence-electron chi connectivity index (χ1n) is 5.53. The van der Waals surface area contributed by atoms with E-state index in [1.54, 1.807) is 6.26 Å². The molecule has 2 aromatic rings. The fourth-order valence-corrected chi connectivity index (χ4v) is 2.27. The molecule has 1 aromatic heterocycles. The number of halogens is 1. The highest BCUT2D eigenvalue weighted by atomic mass is 79.9. The summed E-state index contributed by atoms with van der Waals surface area (Å²) in [6, 6.07) is 12.0. The molecule has 90 valence electrons. The van der Waals surface area contributed by atoms with Crippen LogP contribution in [0.1, 0.15) is 5.76 Å². The minimum Gasteiger partial charge on any atom is -0.467 e. The molecule has 0 aliphatic rings. The van der Waals surface area contributed by atoms with Crippen LogP contribution in [0, 0.1) is 0 Å². The van der Waals surface area contributed by atoms with Crippen LogP contribution in [0.5, 0.6) is 0 Å². The molecule has 0 unspecified atom stereocenters. The number of nitrogens with zero attached hydrogens (tertiary/aromatic N) is 1. The highest BCUT2D eigenvalue weighted by Crippen LogP contribution is 2.26. The molecule has 1 heterocycles. The molecule has 0 aliphatic carbocycles. The Morgan fingerprint density at radius 1 is 1.18 bits per heavy atom. The van der Waals surface area contributed by atoms with Crippen LogP contribution in [-0.2, 0) is 6.54 Å². The summed E-state index contributed by atoms with van der Waals surface area (Å²) < 4.78 is 6.44. The minimum absolute atomic E-state index is 0.613. The summed E-state index contributed by atoms with van der Waals surface area (Å²) in [5, 5.41) is 0. The monoisotopic (exact) mass is 294 g/mol. The van der Waals surface area contributed by atoms with E-state index in [4.69, 9.17) is 10.2 Å². The van der Waals surface area contributed by atoms with Crippen molar-refractivity contribution < 1.29 is 4.42 Å². The number of para-hydroxylation sites is 1. The third-order valence-corrected chi connectivity index (χ3v) is 3.19. The Kier molecular flexibility index (Phi) is 4.23. The van der Waals surface area contributed by atoms with Crippen molar-refractivity contribution in [2.24, 2.45) is 5.73 Å². The zero-order valence-corrected chi connectivity index (χ0v) is 11.1. The summed E-state index contributed by atoms with van der Waals surface area (Å²) in [4.78, 5) is 2.20. The highest BCUT2D eigenvalue weighted by Gasteiger charge is 2.10. The Morgan fingerprint density at radius 3 is 2.65 bits per heavy atom. The summed E-state index contributed by atoms with van der Waals surface area (Å²) in [6.45, 7) is 2.14. The lowest BCUT2D eigenvalue weighted by molar-refractivity contribution is 0.502. The molecule has 0 radical (unpaired) electrons. The maximum atomic E-state index is 5.66. The van der Waals surface area contributed by atoms with E-state index in [1.807, 2.05) is 30.3 Å². The van der Waals surface area contributed by atoms with Gasteiger partial charge >= 0.3 is 0 Å². The second-order valence-corrected chi connectivity index (χ2v) is 4.60. The number of nitrogens with two attached hydrogens (primary N) is 1. The lowest BCUT2D eigenvalue weighted by Gasteiger charge is -2.24. The van der Waals surface area contributed by atoms with E-state index >= 15 is 0 Å². The van der Waals surface area contributed by atoms with Gasteiger partial charge in [-0.25, -0.2) is 0 Å². The smallest absolute Gasteiger partial charge is 0.123 e. The van der Waals surface area contributed by atoms with Gasteiger partial charge in [0.05, 0.1) is 18.5 Å². The molecular weight excluding hydrogens is 280 g/mol. The number of hydrogen-bond acceptors (Lipinski definition) is 3. The summed E-state index contributed by atoms with van der Waals surface area (Å²) in [5.41, 5.74) is 6.79. The average Bonchev–Trinajstić information content (AvgIpc) is 2.82. The van der Waals surface area contributed by atoms with Crippen molar-refractivity contribution in [3.63, 3.8) is 0 Å². The molecule has 0 fully saturated rings. The van der Waals surface area contributed by atoms with Crippen molar-refractivity contribution in [3.8, 4) is 0 Å². The molecule has 0 bridgehead atoms. The average molecular weight is 295 g/mol. The van der Waals surface area contributed by atoms with Crippen LogP contribution in [-0.4, -0.2) is 13.1 Å². The van der Waals surface area contributed by atoms with Crippen molar-refractivity contribution in [3.05, 3.63) is 52.9 Å². The molecule has 2 rings (SSSR count). The number of hydrogen-bond donors (Lipinski definition) is 1. The fourth-order valence-electron chi connectivity index (χ4n) is 1.74. The molecule has 2 N–H and O–H groups in total. The fraction of sp³-hybridized carbons (Fsp3) is 0.231. The van der Waals surface area contributed by atoms with E-state index in [0.717, 1.165) is 29.0 Å². The summed E-state index contributed by atoms with van der Waals surface area (Å²) in [7, 11) is 0. The quantitative estimate of drug-likeness (QED) is 0.922. The topological polar surface area (TPSA) is 42.4 Å². The zero-order chi connectivity index (χ0) is 12.1. The molecule has 17 heavy (non-hydrogen) atoms. The van der Waals surface area contributed by atoms with Gasteiger partial charge in [-0.3, -0.25) is 0 Å². The van der Waals surface area contributed by atoms with E-state index in [9.17, 15) is 0 Å². The van der Waals surface area contributed by atoms with E-state index < -0.39 is 0 Å². The van der Waals surface area contributed by atoms with E-state index in [2.05, 4.69) is 26.9 Å². The Balaban J connectivity index is 2.20. The maximum Gasteiger partial charge on any atom is 0.123 e. The van der Waals surface area contributed by atoms with Crippen molar-refractivity contribution >= 4 is 21.6 Å². The van der Waals surface area contributed by atoms with Gasteiger partial charge < -0.3 is 15.1 Å². The van der Waals surface area contributed by atoms with Crippen molar-refractivity contribution in [2.75, 3.05) is 18.0 Å². The van der Waals surface area contributed by atoms with Gasteiger partial charge in [0.1, 0.15) is 5.76 Å². The van der Waals surface area contributed by atoms with Gasteiger partial charge in [-0.2, -0.15) is 0 Å². The van der Waals surface area contributed by atoms with Crippen LogP contribution in [0.25, 0.3) is 0 Å². The molecule has 3 nitrogen and oxygen atoms in total. The second-order valence-electron chi connectivity index (χ2n) is 3.74. The number of rotatable bonds is 5. The molecular formula is C13H15BrN2O. The zero-order valence-electron chi connectivity index (χ0n) is 9.47. The number of benzene rings is 1. The van der Waals surface area contributed by atoms with Crippen LogP contribution in [0.4, 0.5) is 5.69 Å².